The summed E-state index contributed by atoms with van der Waals surface area (Å²) in [6.07, 6.45) is 0. The Hall–Kier alpha value is -8.41. The summed E-state index contributed by atoms with van der Waals surface area (Å²) in [5.74, 6) is 1.80. The fourth-order valence-electron chi connectivity index (χ4n) is 8.90. The summed E-state index contributed by atoms with van der Waals surface area (Å²) in [4.78, 5) is 15.4. The van der Waals surface area contributed by atoms with Crippen LogP contribution in [0.3, 0.4) is 0 Å². The van der Waals surface area contributed by atoms with Gasteiger partial charge in [-0.15, -0.1) is 0 Å². The van der Waals surface area contributed by atoms with E-state index in [1.54, 1.807) is 0 Å². The fraction of sp³-hybridized carbons (Fsp3) is 0. The molecule has 0 aliphatic heterocycles. The second kappa shape index (κ2) is 14.7. The second-order valence-electron chi connectivity index (χ2n) is 15.6. The number of benzene rings is 9. The van der Waals surface area contributed by atoms with Crippen molar-refractivity contribution in [2.75, 3.05) is 0 Å². The first-order valence-electron chi connectivity index (χ1n) is 20.8. The van der Waals surface area contributed by atoms with Crippen molar-refractivity contribution in [2.24, 2.45) is 0 Å². The lowest BCUT2D eigenvalue weighted by Crippen LogP contribution is -2.00. The third kappa shape index (κ3) is 6.06. The highest BCUT2D eigenvalue weighted by Crippen LogP contribution is 2.44. The Morgan fingerprint density at radius 2 is 0.839 bits per heavy atom. The van der Waals surface area contributed by atoms with Gasteiger partial charge in [-0.05, 0) is 58.1 Å². The number of fused-ring (bicyclic) bond motifs is 6. The molecule has 0 radical (unpaired) electrons. The predicted octanol–water partition coefficient (Wildman–Crippen LogP) is 14.9. The van der Waals surface area contributed by atoms with Crippen molar-refractivity contribution in [1.29, 1.82) is 0 Å². The zero-order valence-electron chi connectivity index (χ0n) is 33.5. The van der Waals surface area contributed by atoms with Gasteiger partial charge in [0.05, 0.1) is 11.0 Å². The topological polar surface area (TPSA) is 56.7 Å². The van der Waals surface area contributed by atoms with Crippen LogP contribution in [0.1, 0.15) is 0 Å². The third-order valence-corrected chi connectivity index (χ3v) is 11.9. The number of hydrogen-bond acceptors (Lipinski definition) is 4. The number of rotatable bonds is 7. The van der Waals surface area contributed by atoms with E-state index in [1.165, 1.54) is 21.9 Å². The molecule has 0 saturated carbocycles. The molecule has 5 nitrogen and oxygen atoms in total. The summed E-state index contributed by atoms with van der Waals surface area (Å²) in [6, 6.07) is 76.4. The zero-order chi connectivity index (χ0) is 41.0. The first-order valence-corrected chi connectivity index (χ1v) is 20.8. The molecule has 62 heavy (non-hydrogen) atoms. The van der Waals surface area contributed by atoms with Gasteiger partial charge in [0.1, 0.15) is 11.2 Å². The molecule has 0 unspecified atom stereocenters. The molecule has 0 amide bonds. The molecule has 0 aliphatic rings. The Labute approximate surface area is 357 Å². The molecule has 0 atom stereocenters. The average Bonchev–Trinajstić information content (AvgIpc) is 3.90. The van der Waals surface area contributed by atoms with Gasteiger partial charge in [0.25, 0.3) is 0 Å². The summed E-state index contributed by atoms with van der Waals surface area (Å²) in [7, 11) is 0. The van der Waals surface area contributed by atoms with Crippen LogP contribution in [0.25, 0.3) is 117 Å². The largest absolute Gasteiger partial charge is 0.455 e. The van der Waals surface area contributed by atoms with Gasteiger partial charge in [-0.1, -0.05) is 188 Å². The van der Waals surface area contributed by atoms with Crippen LogP contribution < -0.4 is 0 Å². The first kappa shape index (κ1) is 35.5. The van der Waals surface area contributed by atoms with Crippen LogP contribution in [0.2, 0.25) is 0 Å². The van der Waals surface area contributed by atoms with Gasteiger partial charge in [-0.2, -0.15) is 0 Å². The molecule has 9 aromatic carbocycles. The van der Waals surface area contributed by atoms with Crippen LogP contribution >= 0.6 is 0 Å². The Kier molecular flexibility index (Phi) is 8.42. The standard InChI is InChI=1S/C57H36N4O/c1-5-16-37(17-6-1)39-28-30-40(31-29-39)48-35-44(61-50-26-14-13-24-45(50)46-33-32-43(34-51(46)61)38-18-7-2-8-19-38)36-49-53-47(25-15-27-52(53)62-54(48)49)57-59-55(41-20-9-3-10-21-41)58-56(60-57)42-22-11-4-12-23-42/h1-36H. The van der Waals surface area contributed by atoms with E-state index in [4.69, 9.17) is 19.4 Å². The lowest BCUT2D eigenvalue weighted by atomic mass is 9.97. The van der Waals surface area contributed by atoms with Crippen LogP contribution in [0.4, 0.5) is 0 Å². The Balaban J connectivity index is 1.15. The van der Waals surface area contributed by atoms with Gasteiger partial charge in [-0.25, -0.2) is 15.0 Å². The summed E-state index contributed by atoms with van der Waals surface area (Å²) in [6.45, 7) is 0. The van der Waals surface area contributed by atoms with Gasteiger partial charge in [-0.3, -0.25) is 0 Å². The highest BCUT2D eigenvalue weighted by Gasteiger charge is 2.22. The third-order valence-electron chi connectivity index (χ3n) is 11.9. The Morgan fingerprint density at radius 3 is 1.50 bits per heavy atom. The summed E-state index contributed by atoms with van der Waals surface area (Å²) in [5.41, 5.74) is 14.3. The molecular formula is C57H36N4O. The van der Waals surface area contributed by atoms with Gasteiger partial charge >= 0.3 is 0 Å². The molecule has 3 aromatic heterocycles. The predicted molar refractivity (Wildman–Crippen MR) is 254 cm³/mol. The molecule has 0 fully saturated rings. The maximum atomic E-state index is 6.99. The first-order chi connectivity index (χ1) is 30.7. The van der Waals surface area contributed by atoms with Crippen LogP contribution in [0.5, 0.6) is 0 Å². The molecule has 0 bridgehead atoms. The van der Waals surface area contributed by atoms with E-state index >= 15 is 0 Å². The van der Waals surface area contributed by atoms with Gasteiger partial charge in [0, 0.05) is 49.5 Å². The summed E-state index contributed by atoms with van der Waals surface area (Å²) < 4.78 is 9.40. The normalized spacial score (nSPS) is 11.5. The lowest BCUT2D eigenvalue weighted by Gasteiger charge is -2.13. The maximum absolute atomic E-state index is 6.99. The Morgan fingerprint density at radius 1 is 0.323 bits per heavy atom. The minimum Gasteiger partial charge on any atom is -0.455 e. The monoisotopic (exact) mass is 792 g/mol. The Bertz CT molecular complexity index is 3540. The van der Waals surface area contributed by atoms with E-state index in [0.29, 0.717) is 17.5 Å². The minimum absolute atomic E-state index is 0.578. The van der Waals surface area contributed by atoms with Crippen molar-refractivity contribution in [2.45, 2.75) is 0 Å². The quantitative estimate of drug-likeness (QED) is 0.161. The van der Waals surface area contributed by atoms with Gasteiger partial charge in [0.2, 0.25) is 0 Å². The SMILES string of the molecule is c1ccc(-c2ccc(-c3cc(-n4c5ccccc5c5ccc(-c6ccccc6)cc54)cc4c3oc3cccc(-c5nc(-c6ccccc6)nc(-c6ccccc6)n5)c34)cc2)cc1. The highest BCUT2D eigenvalue weighted by molar-refractivity contribution is 6.17. The van der Waals surface area contributed by atoms with E-state index in [-0.39, 0.29) is 0 Å². The molecule has 0 saturated heterocycles. The summed E-state index contributed by atoms with van der Waals surface area (Å²) in [5, 5.41) is 4.31. The molecule has 0 spiro atoms. The average molecular weight is 793 g/mol. The van der Waals surface area contributed by atoms with Crippen LogP contribution in [-0.2, 0) is 0 Å². The molecule has 12 aromatic rings. The van der Waals surface area contributed by atoms with E-state index in [1.807, 2.05) is 72.8 Å². The van der Waals surface area contributed by atoms with Crippen molar-refractivity contribution in [3.63, 3.8) is 0 Å². The lowest BCUT2D eigenvalue weighted by molar-refractivity contribution is 0.670. The smallest absolute Gasteiger partial charge is 0.164 e. The fourth-order valence-corrected chi connectivity index (χ4v) is 8.90. The molecule has 5 heteroatoms. The van der Waals surface area contributed by atoms with E-state index in [2.05, 4.69) is 150 Å². The number of nitrogens with zero attached hydrogens (tertiary/aromatic N) is 4. The van der Waals surface area contributed by atoms with E-state index < -0.39 is 0 Å². The molecule has 12 rings (SSSR count). The highest BCUT2D eigenvalue weighted by atomic mass is 16.3. The molecule has 0 aliphatic carbocycles. The summed E-state index contributed by atoms with van der Waals surface area (Å²) >= 11 is 0. The van der Waals surface area contributed by atoms with Crippen molar-refractivity contribution < 1.29 is 4.42 Å². The van der Waals surface area contributed by atoms with Crippen LogP contribution in [0, 0.1) is 0 Å². The van der Waals surface area contributed by atoms with Crippen molar-refractivity contribution >= 4 is 43.7 Å². The molecule has 3 heterocycles. The van der Waals surface area contributed by atoms with Gasteiger partial charge < -0.3 is 8.98 Å². The van der Waals surface area contributed by atoms with E-state index in [0.717, 1.165) is 77.6 Å². The van der Waals surface area contributed by atoms with Crippen molar-refractivity contribution in [3.05, 3.63) is 218 Å². The minimum atomic E-state index is 0.578. The van der Waals surface area contributed by atoms with Crippen LogP contribution in [-0.4, -0.2) is 19.5 Å². The number of furan rings is 1. The van der Waals surface area contributed by atoms with Crippen molar-refractivity contribution in [1.82, 2.24) is 19.5 Å². The molecular weight excluding hydrogens is 757 g/mol. The second-order valence-corrected chi connectivity index (χ2v) is 15.6. The maximum Gasteiger partial charge on any atom is 0.164 e. The zero-order valence-corrected chi connectivity index (χ0v) is 33.5. The van der Waals surface area contributed by atoms with E-state index in [9.17, 15) is 0 Å². The molecule has 290 valence electrons. The number of aromatic nitrogens is 4. The number of hydrogen-bond donors (Lipinski definition) is 0. The van der Waals surface area contributed by atoms with Gasteiger partial charge in [0.15, 0.2) is 17.5 Å². The molecule has 0 N–H and O–H groups in total. The van der Waals surface area contributed by atoms with Crippen LogP contribution in [0.15, 0.2) is 223 Å². The van der Waals surface area contributed by atoms with Crippen molar-refractivity contribution in [3.8, 4) is 73.2 Å². The number of para-hydroxylation sites is 1.